The lowest BCUT2D eigenvalue weighted by Crippen LogP contribution is -2.29. The van der Waals surface area contributed by atoms with Crippen molar-refractivity contribution in [3.8, 4) is 22.8 Å². The predicted molar refractivity (Wildman–Crippen MR) is 128 cm³/mol. The van der Waals surface area contributed by atoms with Gasteiger partial charge in [0.1, 0.15) is 35.3 Å². The second kappa shape index (κ2) is 8.59. The standard InChI is InChI=1S/C27H25N3O4/c1-4-11-33-19-9-7-18(8-10-19)25-22-23(21-14-16(2)13-17(3)26(21)31)28-29-24(22)27(32)30(25)15-20-6-5-12-34-20/h4-10,12-14,25,31H,1,11,15H2,2-3H3,(H,28,29). The van der Waals surface area contributed by atoms with Crippen molar-refractivity contribution in [2.75, 3.05) is 6.61 Å². The highest BCUT2D eigenvalue weighted by Gasteiger charge is 2.43. The van der Waals surface area contributed by atoms with Gasteiger partial charge in [0.05, 0.1) is 18.8 Å². The van der Waals surface area contributed by atoms with Gasteiger partial charge in [0.15, 0.2) is 0 Å². The number of ether oxygens (including phenoxy) is 1. The lowest BCUT2D eigenvalue weighted by Gasteiger charge is -2.26. The largest absolute Gasteiger partial charge is 0.507 e. The first kappa shape index (κ1) is 21.6. The van der Waals surface area contributed by atoms with Crippen molar-refractivity contribution in [2.24, 2.45) is 0 Å². The van der Waals surface area contributed by atoms with Crippen LogP contribution in [0.2, 0.25) is 0 Å². The van der Waals surface area contributed by atoms with E-state index in [1.165, 1.54) is 0 Å². The van der Waals surface area contributed by atoms with Gasteiger partial charge in [-0.05, 0) is 60.9 Å². The molecule has 0 spiro atoms. The summed E-state index contributed by atoms with van der Waals surface area (Å²) < 4.78 is 11.2. The molecular formula is C27H25N3O4. The molecule has 0 saturated heterocycles. The number of H-pyrrole nitrogens is 1. The number of nitrogens with one attached hydrogen (secondary N) is 1. The third-order valence-corrected chi connectivity index (χ3v) is 6.03. The summed E-state index contributed by atoms with van der Waals surface area (Å²) in [5.41, 5.74) is 4.96. The van der Waals surface area contributed by atoms with Crippen molar-refractivity contribution in [3.05, 3.63) is 101 Å². The molecule has 7 nitrogen and oxygen atoms in total. The molecule has 0 radical (unpaired) electrons. The summed E-state index contributed by atoms with van der Waals surface area (Å²) in [6, 6.07) is 14.7. The quantitative estimate of drug-likeness (QED) is 0.369. The molecule has 1 atom stereocenters. The summed E-state index contributed by atoms with van der Waals surface area (Å²) in [6.45, 7) is 8.21. The van der Waals surface area contributed by atoms with Gasteiger partial charge in [0.25, 0.3) is 5.91 Å². The minimum atomic E-state index is -0.421. The number of aromatic nitrogens is 2. The number of phenolic OH excluding ortho intramolecular Hbond substituents is 1. The Bertz CT molecular complexity index is 1350. The van der Waals surface area contributed by atoms with Gasteiger partial charge in [-0.3, -0.25) is 9.89 Å². The van der Waals surface area contributed by atoms with Gasteiger partial charge in [-0.15, -0.1) is 0 Å². The molecule has 0 bridgehead atoms. The average Bonchev–Trinajstić information content (AvgIpc) is 3.55. The molecule has 0 fully saturated rings. The fourth-order valence-electron chi connectivity index (χ4n) is 4.52. The van der Waals surface area contributed by atoms with Crippen molar-refractivity contribution in [1.82, 2.24) is 15.1 Å². The van der Waals surface area contributed by atoms with Crippen LogP contribution in [0.1, 0.15) is 44.5 Å². The van der Waals surface area contributed by atoms with E-state index >= 15 is 0 Å². The maximum Gasteiger partial charge on any atom is 0.273 e. The highest BCUT2D eigenvalue weighted by molar-refractivity contribution is 6.00. The third kappa shape index (κ3) is 3.65. The number of rotatable bonds is 7. The van der Waals surface area contributed by atoms with E-state index in [-0.39, 0.29) is 11.7 Å². The van der Waals surface area contributed by atoms with Gasteiger partial charge >= 0.3 is 0 Å². The zero-order valence-corrected chi connectivity index (χ0v) is 19.0. The molecule has 4 aromatic rings. The van der Waals surface area contributed by atoms with Crippen LogP contribution >= 0.6 is 0 Å². The first-order chi connectivity index (χ1) is 16.5. The molecule has 1 aliphatic rings. The fraction of sp³-hybridized carbons (Fsp3) is 0.185. The summed E-state index contributed by atoms with van der Waals surface area (Å²) in [5.74, 6) is 1.37. The van der Waals surface area contributed by atoms with Crippen LogP contribution in [0.15, 0.2) is 71.9 Å². The smallest absolute Gasteiger partial charge is 0.273 e. The predicted octanol–water partition coefficient (Wildman–Crippen LogP) is 5.30. The molecule has 2 N–H and O–H groups in total. The van der Waals surface area contributed by atoms with Gasteiger partial charge < -0.3 is 19.2 Å². The Labute approximate surface area is 197 Å². The molecule has 5 rings (SSSR count). The fourth-order valence-corrected chi connectivity index (χ4v) is 4.52. The van der Waals surface area contributed by atoms with Crippen molar-refractivity contribution in [3.63, 3.8) is 0 Å². The van der Waals surface area contributed by atoms with Gasteiger partial charge in [0, 0.05) is 11.1 Å². The maximum absolute atomic E-state index is 13.5. The molecule has 172 valence electrons. The van der Waals surface area contributed by atoms with E-state index in [4.69, 9.17) is 9.15 Å². The van der Waals surface area contributed by atoms with E-state index in [0.29, 0.717) is 41.6 Å². The van der Waals surface area contributed by atoms with Gasteiger partial charge in [0.2, 0.25) is 0 Å². The lowest BCUT2D eigenvalue weighted by atomic mass is 9.94. The van der Waals surface area contributed by atoms with E-state index in [9.17, 15) is 9.90 Å². The number of aromatic hydroxyl groups is 1. The highest BCUT2D eigenvalue weighted by Crippen LogP contribution is 2.46. The van der Waals surface area contributed by atoms with Crippen LogP contribution in [0.4, 0.5) is 0 Å². The molecule has 3 heterocycles. The van der Waals surface area contributed by atoms with Crippen LogP contribution < -0.4 is 4.74 Å². The van der Waals surface area contributed by atoms with E-state index < -0.39 is 6.04 Å². The Morgan fingerprint density at radius 1 is 1.24 bits per heavy atom. The topological polar surface area (TPSA) is 91.6 Å². The van der Waals surface area contributed by atoms with Crippen molar-refractivity contribution >= 4 is 5.91 Å². The summed E-state index contributed by atoms with van der Waals surface area (Å²) in [5, 5.41) is 18.3. The molecule has 1 unspecified atom stereocenters. The minimum Gasteiger partial charge on any atom is -0.507 e. The normalized spacial score (nSPS) is 14.9. The molecule has 34 heavy (non-hydrogen) atoms. The Kier molecular flexibility index (Phi) is 5.45. The van der Waals surface area contributed by atoms with Gasteiger partial charge in [-0.1, -0.05) is 30.9 Å². The number of hydrogen-bond donors (Lipinski definition) is 2. The third-order valence-electron chi connectivity index (χ3n) is 6.03. The van der Waals surface area contributed by atoms with Crippen LogP contribution in [0.5, 0.6) is 11.5 Å². The molecule has 7 heteroatoms. The SMILES string of the molecule is C=CCOc1ccc(C2c3c(-c4cc(C)cc(C)c4O)n[nH]c3C(=O)N2Cc2ccco2)cc1. The minimum absolute atomic E-state index is 0.156. The number of hydrogen-bond acceptors (Lipinski definition) is 5. The number of phenols is 1. The van der Waals surface area contributed by atoms with Gasteiger partial charge in [-0.2, -0.15) is 5.10 Å². The van der Waals surface area contributed by atoms with Crippen molar-refractivity contribution in [1.29, 1.82) is 0 Å². The Balaban J connectivity index is 1.64. The highest BCUT2D eigenvalue weighted by atomic mass is 16.5. The second-order valence-corrected chi connectivity index (χ2v) is 8.42. The van der Waals surface area contributed by atoms with Crippen LogP contribution in [-0.2, 0) is 6.54 Å². The molecule has 1 aliphatic heterocycles. The second-order valence-electron chi connectivity index (χ2n) is 8.42. The van der Waals surface area contributed by atoms with E-state index in [1.807, 2.05) is 56.3 Å². The number of aryl methyl sites for hydroxylation is 2. The Morgan fingerprint density at radius 3 is 2.74 bits per heavy atom. The number of benzene rings is 2. The summed E-state index contributed by atoms with van der Waals surface area (Å²) in [4.78, 5) is 15.2. The lowest BCUT2D eigenvalue weighted by molar-refractivity contribution is 0.0717. The number of amides is 1. The van der Waals surface area contributed by atoms with Gasteiger partial charge in [-0.25, -0.2) is 0 Å². The zero-order chi connectivity index (χ0) is 23.8. The molecule has 2 aromatic heterocycles. The average molecular weight is 456 g/mol. The number of nitrogens with zero attached hydrogens (tertiary/aromatic N) is 2. The van der Waals surface area contributed by atoms with Crippen molar-refractivity contribution < 1.29 is 19.1 Å². The van der Waals surface area contributed by atoms with Crippen LogP contribution in [-0.4, -0.2) is 32.7 Å². The number of carbonyl (C=O) groups is 1. The summed E-state index contributed by atoms with van der Waals surface area (Å²) in [7, 11) is 0. The number of aromatic amines is 1. The van der Waals surface area contributed by atoms with Crippen molar-refractivity contribution in [2.45, 2.75) is 26.4 Å². The molecule has 0 aliphatic carbocycles. The summed E-state index contributed by atoms with van der Waals surface area (Å²) in [6.07, 6.45) is 3.28. The van der Waals surface area contributed by atoms with E-state index in [2.05, 4.69) is 16.8 Å². The Morgan fingerprint density at radius 2 is 2.03 bits per heavy atom. The van der Waals surface area contributed by atoms with Crippen LogP contribution in [0.25, 0.3) is 11.3 Å². The maximum atomic E-state index is 13.5. The van der Waals surface area contributed by atoms with Crippen LogP contribution in [0, 0.1) is 13.8 Å². The monoisotopic (exact) mass is 455 g/mol. The first-order valence-electron chi connectivity index (χ1n) is 11.0. The molecule has 2 aromatic carbocycles. The van der Waals surface area contributed by atoms with E-state index in [0.717, 1.165) is 22.3 Å². The number of furan rings is 1. The molecule has 1 amide bonds. The molecule has 0 saturated carbocycles. The number of carbonyl (C=O) groups excluding carboxylic acids is 1. The summed E-state index contributed by atoms with van der Waals surface area (Å²) >= 11 is 0. The number of fused-ring (bicyclic) bond motifs is 1. The Hall–Kier alpha value is -4.26. The van der Waals surface area contributed by atoms with Crippen LogP contribution in [0.3, 0.4) is 0 Å². The van der Waals surface area contributed by atoms with E-state index in [1.54, 1.807) is 23.3 Å². The molecular weight excluding hydrogens is 430 g/mol. The first-order valence-corrected chi connectivity index (χ1v) is 11.0. The zero-order valence-electron chi connectivity index (χ0n) is 19.0.